The third-order valence-electron chi connectivity index (χ3n) is 4.48. The SMILES string of the molecule is CC(C)N(C(C)C)P(OCCC#N)O[C@@H]1C[C@H](n2cc(F)c(=O)[nH]c2=O)O[C@@H]1CO. The van der Waals surface area contributed by atoms with Crippen molar-refractivity contribution in [1.29, 1.82) is 5.26 Å². The number of aliphatic hydroxyl groups is 1. The van der Waals surface area contributed by atoms with E-state index in [0.29, 0.717) is 0 Å². The van der Waals surface area contributed by atoms with Crippen LogP contribution in [0.15, 0.2) is 15.8 Å². The Morgan fingerprint density at radius 1 is 1.43 bits per heavy atom. The van der Waals surface area contributed by atoms with E-state index in [1.165, 1.54) is 0 Å². The molecule has 1 aliphatic rings. The third-order valence-corrected chi connectivity index (χ3v) is 6.64. The Morgan fingerprint density at radius 3 is 2.67 bits per heavy atom. The van der Waals surface area contributed by atoms with Crippen LogP contribution in [-0.4, -0.2) is 56.8 Å². The minimum absolute atomic E-state index is 0.0832. The summed E-state index contributed by atoms with van der Waals surface area (Å²) in [5.41, 5.74) is -1.93. The van der Waals surface area contributed by atoms with Gasteiger partial charge in [0.2, 0.25) is 5.82 Å². The molecule has 0 bridgehead atoms. The first-order valence-electron chi connectivity index (χ1n) is 9.71. The van der Waals surface area contributed by atoms with Gasteiger partial charge in [0, 0.05) is 18.5 Å². The number of aromatic nitrogens is 2. The first-order valence-corrected chi connectivity index (χ1v) is 10.8. The van der Waals surface area contributed by atoms with Gasteiger partial charge in [-0.15, -0.1) is 0 Å². The molecule has 0 spiro atoms. The van der Waals surface area contributed by atoms with Crippen LogP contribution < -0.4 is 11.2 Å². The van der Waals surface area contributed by atoms with Gasteiger partial charge < -0.3 is 18.9 Å². The van der Waals surface area contributed by atoms with Crippen LogP contribution in [-0.2, 0) is 13.8 Å². The van der Waals surface area contributed by atoms with E-state index in [4.69, 9.17) is 19.0 Å². The number of hydrogen-bond acceptors (Lipinski definition) is 8. The Morgan fingerprint density at radius 2 is 2.10 bits per heavy atom. The molecule has 12 heteroatoms. The minimum atomic E-state index is -1.59. The number of nitriles is 1. The Kier molecular flexibility index (Phi) is 9.09. The van der Waals surface area contributed by atoms with E-state index in [1.54, 1.807) is 0 Å². The van der Waals surface area contributed by atoms with Gasteiger partial charge in [-0.25, -0.2) is 9.46 Å². The molecule has 1 aliphatic heterocycles. The van der Waals surface area contributed by atoms with Gasteiger partial charge in [0.25, 0.3) is 14.1 Å². The average Bonchev–Trinajstić information content (AvgIpc) is 3.06. The maximum atomic E-state index is 13.7. The van der Waals surface area contributed by atoms with E-state index in [1.807, 2.05) is 43.4 Å². The molecule has 0 aliphatic carbocycles. The van der Waals surface area contributed by atoms with Gasteiger partial charge in [0.15, 0.2) is 0 Å². The first kappa shape index (κ1) is 24.6. The zero-order valence-electron chi connectivity index (χ0n) is 17.4. The highest BCUT2D eigenvalue weighted by Gasteiger charge is 2.41. The predicted octanol–water partition coefficient (Wildman–Crippen LogP) is 1.62. The van der Waals surface area contributed by atoms with Crippen molar-refractivity contribution in [2.75, 3.05) is 13.2 Å². The van der Waals surface area contributed by atoms with E-state index < -0.39 is 44.0 Å². The lowest BCUT2D eigenvalue weighted by molar-refractivity contribution is -0.0442. The van der Waals surface area contributed by atoms with Crippen molar-refractivity contribution in [2.24, 2.45) is 0 Å². The van der Waals surface area contributed by atoms with Crippen LogP contribution in [0, 0.1) is 17.1 Å². The van der Waals surface area contributed by atoms with Gasteiger partial charge in [0.05, 0.1) is 38.0 Å². The molecule has 4 atom stereocenters. The summed E-state index contributed by atoms with van der Waals surface area (Å²) in [6, 6.07) is 2.19. The summed E-state index contributed by atoms with van der Waals surface area (Å²) in [5, 5.41) is 18.5. The fourth-order valence-corrected chi connectivity index (χ4v) is 4.99. The fourth-order valence-electron chi connectivity index (χ4n) is 3.23. The molecule has 1 aromatic rings. The number of H-pyrrole nitrogens is 1. The highest BCUT2D eigenvalue weighted by atomic mass is 31.2. The van der Waals surface area contributed by atoms with Crippen molar-refractivity contribution in [3.63, 3.8) is 0 Å². The molecular formula is C18H28FN4O6P. The Bertz CT molecular complexity index is 846. The lowest BCUT2D eigenvalue weighted by atomic mass is 10.2. The second kappa shape index (κ2) is 11.1. The van der Waals surface area contributed by atoms with Crippen LogP contribution in [0.25, 0.3) is 0 Å². The molecule has 2 rings (SSSR count). The van der Waals surface area contributed by atoms with Crippen LogP contribution in [0.4, 0.5) is 4.39 Å². The van der Waals surface area contributed by atoms with Crippen LogP contribution >= 0.6 is 8.53 Å². The standard InChI is InChI=1S/C18H28FN4O6P/c1-11(2)23(12(3)4)30(27-7-5-6-20)29-14-8-16(28-15(14)10-24)22-9-13(19)17(25)21-18(22)26/h9,11-12,14-16,24H,5,7-8,10H2,1-4H3,(H,21,25,26)/t14-,15-,16-,30?/m1/s1. The van der Waals surface area contributed by atoms with Crippen LogP contribution in [0.1, 0.15) is 46.8 Å². The lowest BCUT2D eigenvalue weighted by Gasteiger charge is -2.37. The molecule has 2 N–H and O–H groups in total. The second-order valence-corrected chi connectivity index (χ2v) is 8.79. The number of aromatic amines is 1. The minimum Gasteiger partial charge on any atom is -0.394 e. The summed E-state index contributed by atoms with van der Waals surface area (Å²) in [6.45, 7) is 7.77. The first-order chi connectivity index (χ1) is 14.2. The van der Waals surface area contributed by atoms with Gasteiger partial charge in [-0.05, 0) is 27.7 Å². The molecule has 2 heterocycles. The van der Waals surface area contributed by atoms with Gasteiger partial charge in [-0.1, -0.05) is 0 Å². The van der Waals surface area contributed by atoms with Crippen LogP contribution in [0.2, 0.25) is 0 Å². The molecule has 10 nitrogen and oxygen atoms in total. The molecule has 0 amide bonds. The lowest BCUT2D eigenvalue weighted by Crippen LogP contribution is -2.36. The molecule has 0 saturated carbocycles. The summed E-state index contributed by atoms with van der Waals surface area (Å²) in [7, 11) is -1.59. The van der Waals surface area contributed by atoms with E-state index in [9.17, 15) is 19.1 Å². The van der Waals surface area contributed by atoms with E-state index in [-0.39, 0.29) is 38.1 Å². The van der Waals surface area contributed by atoms with E-state index in [0.717, 1.165) is 10.8 Å². The average molecular weight is 446 g/mol. The zero-order chi connectivity index (χ0) is 22.4. The van der Waals surface area contributed by atoms with Gasteiger partial charge >= 0.3 is 5.69 Å². The molecule has 30 heavy (non-hydrogen) atoms. The van der Waals surface area contributed by atoms with E-state index in [2.05, 4.69) is 0 Å². The molecule has 1 aromatic heterocycles. The fraction of sp³-hybridized carbons (Fsp3) is 0.722. The molecule has 1 saturated heterocycles. The van der Waals surface area contributed by atoms with E-state index >= 15 is 0 Å². The summed E-state index contributed by atoms with van der Waals surface area (Å²) < 4.78 is 34.4. The normalized spacial score (nSPS) is 22.7. The molecular weight excluding hydrogens is 418 g/mol. The molecule has 0 aromatic carbocycles. The van der Waals surface area contributed by atoms with Crippen molar-refractivity contribution in [1.82, 2.24) is 14.2 Å². The van der Waals surface area contributed by atoms with Gasteiger partial charge in [0.1, 0.15) is 12.3 Å². The van der Waals surface area contributed by atoms with Crippen LogP contribution in [0.3, 0.4) is 0 Å². The molecule has 1 fully saturated rings. The van der Waals surface area contributed by atoms with Gasteiger partial charge in [-0.3, -0.25) is 14.3 Å². The number of nitrogens with zero attached hydrogens (tertiary/aromatic N) is 3. The Balaban J connectivity index is 2.24. The number of halogens is 1. The molecule has 168 valence electrons. The number of nitrogens with one attached hydrogen (secondary N) is 1. The number of hydrogen-bond donors (Lipinski definition) is 2. The number of aliphatic hydroxyl groups excluding tert-OH is 1. The zero-order valence-corrected chi connectivity index (χ0v) is 18.3. The maximum absolute atomic E-state index is 13.7. The monoisotopic (exact) mass is 446 g/mol. The van der Waals surface area contributed by atoms with Crippen molar-refractivity contribution >= 4 is 8.53 Å². The number of rotatable bonds is 10. The summed E-state index contributed by atoms with van der Waals surface area (Å²) in [6.07, 6.45) is -1.22. The molecule has 0 radical (unpaired) electrons. The summed E-state index contributed by atoms with van der Waals surface area (Å²) in [5.74, 6) is -1.11. The molecule has 1 unspecified atom stereocenters. The highest BCUT2D eigenvalue weighted by molar-refractivity contribution is 7.44. The highest BCUT2D eigenvalue weighted by Crippen LogP contribution is 2.49. The van der Waals surface area contributed by atoms with Crippen LogP contribution in [0.5, 0.6) is 0 Å². The largest absolute Gasteiger partial charge is 0.394 e. The summed E-state index contributed by atoms with van der Waals surface area (Å²) in [4.78, 5) is 25.2. The predicted molar refractivity (Wildman–Crippen MR) is 107 cm³/mol. The summed E-state index contributed by atoms with van der Waals surface area (Å²) >= 11 is 0. The Labute approximate surface area is 175 Å². The topological polar surface area (TPSA) is 130 Å². The quantitative estimate of drug-likeness (QED) is 0.410. The van der Waals surface area contributed by atoms with Gasteiger partial charge in [-0.2, -0.15) is 9.65 Å². The number of ether oxygens (including phenoxy) is 1. The van der Waals surface area contributed by atoms with Crippen molar-refractivity contribution in [2.45, 2.75) is 71.1 Å². The van der Waals surface area contributed by atoms with Crippen molar-refractivity contribution in [3.05, 3.63) is 32.9 Å². The van der Waals surface area contributed by atoms with Crippen molar-refractivity contribution < 1.29 is 23.3 Å². The Hall–Kier alpha value is -1.67. The maximum Gasteiger partial charge on any atom is 0.330 e. The second-order valence-electron chi connectivity index (χ2n) is 7.38. The van der Waals surface area contributed by atoms with Crippen molar-refractivity contribution in [3.8, 4) is 6.07 Å². The smallest absolute Gasteiger partial charge is 0.330 e. The third kappa shape index (κ3) is 5.94.